The maximum absolute atomic E-state index is 11.3. The first-order valence-electron chi connectivity index (χ1n) is 5.03. The molecule has 3 nitrogen and oxygen atoms in total. The van der Waals surface area contributed by atoms with Crippen LogP contribution in [0.4, 0.5) is 0 Å². The Balaban J connectivity index is 2.62. The number of hydrogen-bond donors (Lipinski definition) is 0. The number of piperidine rings is 1. The van der Waals surface area contributed by atoms with E-state index in [1.54, 1.807) is 4.90 Å². The number of nitrogens with zero attached hydrogens (tertiary/aromatic N) is 2. The highest BCUT2D eigenvalue weighted by Crippen LogP contribution is 2.25. The van der Waals surface area contributed by atoms with Crippen LogP contribution in [-0.2, 0) is 4.79 Å². The molecule has 76 valence electrons. The molecule has 1 saturated heterocycles. The fraction of sp³-hybridized carbons (Fsp3) is 0.636. The molecule has 0 N–H and O–H groups in total. The summed E-state index contributed by atoms with van der Waals surface area (Å²) in [6, 6.07) is 2.29. The van der Waals surface area contributed by atoms with E-state index in [-0.39, 0.29) is 11.8 Å². The quantitative estimate of drug-likeness (QED) is 0.623. The standard InChI is InChI=1S/C11H16N2O/c1-3-9-5-6-13(11(14)4-2)8-10(9)7-12/h4,9-10H,2-3,5-6,8H2,1H3. The van der Waals surface area contributed by atoms with Gasteiger partial charge in [0.05, 0.1) is 12.0 Å². The summed E-state index contributed by atoms with van der Waals surface area (Å²) >= 11 is 0. The molecule has 0 saturated carbocycles. The molecular formula is C11H16N2O. The molecular weight excluding hydrogens is 176 g/mol. The van der Waals surface area contributed by atoms with Gasteiger partial charge in [0.25, 0.3) is 0 Å². The number of rotatable bonds is 2. The summed E-state index contributed by atoms with van der Waals surface area (Å²) in [5.74, 6) is 0.395. The van der Waals surface area contributed by atoms with Crippen LogP contribution in [0.1, 0.15) is 19.8 Å². The maximum Gasteiger partial charge on any atom is 0.245 e. The third-order valence-corrected chi connectivity index (χ3v) is 2.93. The first kappa shape index (κ1) is 10.8. The average Bonchev–Trinajstić information content (AvgIpc) is 2.26. The summed E-state index contributed by atoms with van der Waals surface area (Å²) in [5.41, 5.74) is 0. The zero-order chi connectivity index (χ0) is 10.6. The number of likely N-dealkylation sites (tertiary alicyclic amines) is 1. The molecule has 1 amide bonds. The average molecular weight is 192 g/mol. The molecule has 0 aliphatic carbocycles. The first-order valence-corrected chi connectivity index (χ1v) is 5.03. The van der Waals surface area contributed by atoms with Gasteiger partial charge in [0.1, 0.15) is 0 Å². The van der Waals surface area contributed by atoms with E-state index in [0.29, 0.717) is 12.5 Å². The molecule has 1 aliphatic rings. The van der Waals surface area contributed by atoms with E-state index < -0.39 is 0 Å². The van der Waals surface area contributed by atoms with Crippen molar-refractivity contribution >= 4 is 5.91 Å². The first-order chi connectivity index (χ1) is 6.72. The molecule has 1 heterocycles. The van der Waals surface area contributed by atoms with Crippen molar-refractivity contribution in [3.05, 3.63) is 12.7 Å². The monoisotopic (exact) mass is 192 g/mol. The second-order valence-corrected chi connectivity index (χ2v) is 3.68. The van der Waals surface area contributed by atoms with Gasteiger partial charge in [-0.05, 0) is 18.4 Å². The van der Waals surface area contributed by atoms with E-state index in [9.17, 15) is 4.79 Å². The van der Waals surface area contributed by atoms with E-state index in [1.165, 1.54) is 6.08 Å². The molecule has 3 heteroatoms. The van der Waals surface area contributed by atoms with Crippen molar-refractivity contribution in [2.45, 2.75) is 19.8 Å². The maximum atomic E-state index is 11.3. The van der Waals surface area contributed by atoms with E-state index in [1.807, 2.05) is 0 Å². The van der Waals surface area contributed by atoms with E-state index in [0.717, 1.165) is 19.4 Å². The predicted molar refractivity (Wildman–Crippen MR) is 54.3 cm³/mol. The fourth-order valence-electron chi connectivity index (χ4n) is 1.96. The second kappa shape index (κ2) is 4.80. The van der Waals surface area contributed by atoms with E-state index in [4.69, 9.17) is 5.26 Å². The van der Waals surface area contributed by atoms with Gasteiger partial charge < -0.3 is 4.90 Å². The summed E-state index contributed by atoms with van der Waals surface area (Å²) in [4.78, 5) is 13.0. The number of nitriles is 1. The van der Waals surface area contributed by atoms with Gasteiger partial charge in [-0.25, -0.2) is 0 Å². The molecule has 0 aromatic carbocycles. The summed E-state index contributed by atoms with van der Waals surface area (Å²) in [7, 11) is 0. The number of carbonyl (C=O) groups is 1. The topological polar surface area (TPSA) is 44.1 Å². The zero-order valence-electron chi connectivity index (χ0n) is 8.57. The minimum atomic E-state index is -0.0557. The van der Waals surface area contributed by atoms with Crippen molar-refractivity contribution in [1.29, 1.82) is 5.26 Å². The normalized spacial score (nSPS) is 26.7. The lowest BCUT2D eigenvalue weighted by atomic mass is 9.84. The lowest BCUT2D eigenvalue weighted by Gasteiger charge is -2.34. The van der Waals surface area contributed by atoms with Crippen molar-refractivity contribution in [3.63, 3.8) is 0 Å². The van der Waals surface area contributed by atoms with Gasteiger partial charge in [-0.2, -0.15) is 5.26 Å². The van der Waals surface area contributed by atoms with Crippen LogP contribution in [0.25, 0.3) is 0 Å². The number of hydrogen-bond acceptors (Lipinski definition) is 2. The second-order valence-electron chi connectivity index (χ2n) is 3.68. The zero-order valence-corrected chi connectivity index (χ0v) is 8.57. The third kappa shape index (κ3) is 2.14. The molecule has 1 aliphatic heterocycles. The van der Waals surface area contributed by atoms with Crippen molar-refractivity contribution < 1.29 is 4.79 Å². The Bertz CT molecular complexity index is 267. The van der Waals surface area contributed by atoms with E-state index in [2.05, 4.69) is 19.6 Å². The highest BCUT2D eigenvalue weighted by Gasteiger charge is 2.29. The molecule has 0 aromatic heterocycles. The molecule has 2 atom stereocenters. The van der Waals surface area contributed by atoms with Crippen molar-refractivity contribution in [2.24, 2.45) is 11.8 Å². The molecule has 1 fully saturated rings. The van der Waals surface area contributed by atoms with Gasteiger partial charge in [-0.3, -0.25) is 4.79 Å². The summed E-state index contributed by atoms with van der Waals surface area (Å²) in [6.07, 6.45) is 3.28. The number of carbonyl (C=O) groups excluding carboxylic acids is 1. The highest BCUT2D eigenvalue weighted by molar-refractivity contribution is 5.87. The molecule has 0 bridgehead atoms. The van der Waals surface area contributed by atoms with Crippen molar-refractivity contribution in [2.75, 3.05) is 13.1 Å². The Morgan fingerprint density at radius 1 is 1.79 bits per heavy atom. The number of amides is 1. The van der Waals surface area contributed by atoms with Crippen LogP contribution in [0.2, 0.25) is 0 Å². The van der Waals surface area contributed by atoms with Crippen LogP contribution in [0.5, 0.6) is 0 Å². The Labute approximate surface area is 85.0 Å². The smallest absolute Gasteiger partial charge is 0.245 e. The Morgan fingerprint density at radius 3 is 3.00 bits per heavy atom. The minimum Gasteiger partial charge on any atom is -0.338 e. The van der Waals surface area contributed by atoms with Crippen LogP contribution in [-0.4, -0.2) is 23.9 Å². The Hall–Kier alpha value is -1.30. The van der Waals surface area contributed by atoms with E-state index >= 15 is 0 Å². The largest absolute Gasteiger partial charge is 0.338 e. The van der Waals surface area contributed by atoms with Crippen LogP contribution in [0.3, 0.4) is 0 Å². The van der Waals surface area contributed by atoms with Gasteiger partial charge in [0.15, 0.2) is 0 Å². The fourth-order valence-corrected chi connectivity index (χ4v) is 1.96. The van der Waals surface area contributed by atoms with Crippen molar-refractivity contribution in [3.8, 4) is 6.07 Å². The molecule has 0 aromatic rings. The van der Waals surface area contributed by atoms with Gasteiger partial charge >= 0.3 is 0 Å². The van der Waals surface area contributed by atoms with Crippen LogP contribution in [0.15, 0.2) is 12.7 Å². The molecule has 0 radical (unpaired) electrons. The summed E-state index contributed by atoms with van der Waals surface area (Å²) < 4.78 is 0. The van der Waals surface area contributed by atoms with Crippen LogP contribution >= 0.6 is 0 Å². The van der Waals surface area contributed by atoms with Crippen LogP contribution < -0.4 is 0 Å². The Kier molecular flexibility index (Phi) is 3.70. The Morgan fingerprint density at radius 2 is 2.50 bits per heavy atom. The molecule has 1 rings (SSSR count). The SMILES string of the molecule is C=CC(=O)N1CCC(CC)C(C#N)C1. The van der Waals surface area contributed by atoms with Crippen LogP contribution in [0, 0.1) is 23.2 Å². The van der Waals surface area contributed by atoms with Gasteiger partial charge in [0, 0.05) is 13.1 Å². The highest BCUT2D eigenvalue weighted by atomic mass is 16.2. The van der Waals surface area contributed by atoms with Crippen molar-refractivity contribution in [1.82, 2.24) is 4.90 Å². The minimum absolute atomic E-state index is 0.00218. The summed E-state index contributed by atoms with van der Waals surface area (Å²) in [6.45, 7) is 6.88. The molecule has 14 heavy (non-hydrogen) atoms. The van der Waals surface area contributed by atoms with Gasteiger partial charge in [-0.1, -0.05) is 19.9 Å². The predicted octanol–water partition coefficient (Wildman–Crippen LogP) is 1.57. The lowest BCUT2D eigenvalue weighted by molar-refractivity contribution is -0.128. The van der Waals surface area contributed by atoms with Gasteiger partial charge in [0.2, 0.25) is 5.91 Å². The molecule has 2 unspecified atom stereocenters. The third-order valence-electron chi connectivity index (χ3n) is 2.93. The van der Waals surface area contributed by atoms with Gasteiger partial charge in [-0.15, -0.1) is 0 Å². The molecule has 0 spiro atoms. The lowest BCUT2D eigenvalue weighted by Crippen LogP contribution is -2.42. The summed E-state index contributed by atoms with van der Waals surface area (Å²) in [5, 5.41) is 8.95.